The van der Waals surface area contributed by atoms with E-state index in [9.17, 15) is 4.79 Å². The molecule has 0 saturated carbocycles. The van der Waals surface area contributed by atoms with E-state index < -0.39 is 6.10 Å². The Kier molecular flexibility index (Phi) is 2.78. The first-order chi connectivity index (χ1) is 5.59. The van der Waals surface area contributed by atoms with E-state index >= 15 is 0 Å². The normalized spacial score (nSPS) is 12.6. The van der Waals surface area contributed by atoms with E-state index in [1.165, 1.54) is 18.3 Å². The Balaban J connectivity index is 2.70. The zero-order valence-corrected chi connectivity index (χ0v) is 7.68. The molecule has 0 spiro atoms. The summed E-state index contributed by atoms with van der Waals surface area (Å²) >= 11 is 1.28. The van der Waals surface area contributed by atoms with Crippen LogP contribution in [0.2, 0.25) is 0 Å². The van der Waals surface area contributed by atoms with Crippen molar-refractivity contribution in [2.45, 2.75) is 20.0 Å². The number of aromatic nitrogens is 1. The van der Waals surface area contributed by atoms with E-state index in [0.29, 0.717) is 5.13 Å². The quantitative estimate of drug-likeness (QED) is 0.728. The molecular formula is C7H10N2O2S. The van der Waals surface area contributed by atoms with Gasteiger partial charge in [0.15, 0.2) is 5.13 Å². The van der Waals surface area contributed by atoms with Crippen molar-refractivity contribution in [1.82, 2.24) is 4.98 Å². The van der Waals surface area contributed by atoms with E-state index in [1.807, 2.05) is 0 Å². The van der Waals surface area contributed by atoms with Crippen LogP contribution in [0.4, 0.5) is 5.13 Å². The van der Waals surface area contributed by atoms with E-state index in [0.717, 1.165) is 4.88 Å². The van der Waals surface area contributed by atoms with Crippen molar-refractivity contribution in [3.63, 3.8) is 0 Å². The van der Waals surface area contributed by atoms with Crippen molar-refractivity contribution in [3.8, 4) is 0 Å². The average molecular weight is 186 g/mol. The number of amides is 1. The van der Waals surface area contributed by atoms with E-state index in [1.54, 1.807) is 13.1 Å². The maximum atomic E-state index is 10.6. The number of nitrogens with zero attached hydrogens (tertiary/aromatic N) is 1. The Hall–Kier alpha value is -0.940. The number of hydrogen-bond donors (Lipinski definition) is 2. The highest BCUT2D eigenvalue weighted by Crippen LogP contribution is 2.23. The summed E-state index contributed by atoms with van der Waals surface area (Å²) in [4.78, 5) is 15.2. The molecule has 1 aromatic rings. The molecule has 4 nitrogen and oxygen atoms in total. The molecule has 0 unspecified atom stereocenters. The Labute approximate surface area is 74.3 Å². The van der Waals surface area contributed by atoms with Crippen LogP contribution in [0.25, 0.3) is 0 Å². The number of anilines is 1. The standard InChI is InChI=1S/C7H10N2O2S/c1-4(10)6-3-8-7(12-6)9-5(2)11/h3-4,10H,1-2H3,(H,8,9,11)/t4-/m1/s1. The topological polar surface area (TPSA) is 62.2 Å². The fourth-order valence-electron chi connectivity index (χ4n) is 0.688. The van der Waals surface area contributed by atoms with Crippen LogP contribution in [0.5, 0.6) is 0 Å². The first-order valence-corrected chi connectivity index (χ1v) is 4.32. The van der Waals surface area contributed by atoms with Crippen LogP contribution in [0.15, 0.2) is 6.20 Å². The minimum Gasteiger partial charge on any atom is -0.388 e. The van der Waals surface area contributed by atoms with Gasteiger partial charge < -0.3 is 10.4 Å². The van der Waals surface area contributed by atoms with E-state index in [4.69, 9.17) is 5.11 Å². The highest BCUT2D eigenvalue weighted by Gasteiger charge is 2.06. The second-order valence-electron chi connectivity index (χ2n) is 2.42. The van der Waals surface area contributed by atoms with Gasteiger partial charge in [0.05, 0.1) is 11.0 Å². The number of carbonyl (C=O) groups excluding carboxylic acids is 1. The van der Waals surface area contributed by atoms with Crippen LogP contribution in [0.3, 0.4) is 0 Å². The third-order valence-electron chi connectivity index (χ3n) is 1.22. The molecular weight excluding hydrogens is 176 g/mol. The fourth-order valence-corrected chi connectivity index (χ4v) is 1.49. The Bertz CT molecular complexity index is 283. The van der Waals surface area contributed by atoms with Gasteiger partial charge in [0.2, 0.25) is 5.91 Å². The molecule has 2 N–H and O–H groups in total. The molecule has 1 rings (SSSR count). The van der Waals surface area contributed by atoms with Crippen molar-refractivity contribution < 1.29 is 9.90 Å². The lowest BCUT2D eigenvalue weighted by atomic mass is 10.4. The van der Waals surface area contributed by atoms with Crippen LogP contribution in [-0.2, 0) is 4.79 Å². The highest BCUT2D eigenvalue weighted by atomic mass is 32.1. The number of carbonyl (C=O) groups is 1. The van der Waals surface area contributed by atoms with Gasteiger partial charge >= 0.3 is 0 Å². The van der Waals surface area contributed by atoms with Crippen LogP contribution >= 0.6 is 11.3 Å². The van der Waals surface area contributed by atoms with Crippen LogP contribution < -0.4 is 5.32 Å². The second kappa shape index (κ2) is 3.64. The lowest BCUT2D eigenvalue weighted by Gasteiger charge is -1.96. The molecule has 1 heterocycles. The molecule has 1 amide bonds. The summed E-state index contributed by atoms with van der Waals surface area (Å²) in [7, 11) is 0. The van der Waals surface area contributed by atoms with Gasteiger partial charge in [-0.3, -0.25) is 4.79 Å². The molecule has 12 heavy (non-hydrogen) atoms. The molecule has 0 aliphatic carbocycles. The molecule has 0 aliphatic rings. The maximum absolute atomic E-state index is 10.6. The van der Waals surface area contributed by atoms with Gasteiger partial charge in [-0.05, 0) is 6.92 Å². The molecule has 66 valence electrons. The number of thiazole rings is 1. The van der Waals surface area contributed by atoms with E-state index in [-0.39, 0.29) is 5.91 Å². The summed E-state index contributed by atoms with van der Waals surface area (Å²) in [6.07, 6.45) is 1.03. The predicted octanol–water partition coefficient (Wildman–Crippen LogP) is 1.15. The van der Waals surface area contributed by atoms with Gasteiger partial charge in [0, 0.05) is 13.1 Å². The third-order valence-corrected chi connectivity index (χ3v) is 2.30. The monoisotopic (exact) mass is 186 g/mol. The summed E-state index contributed by atoms with van der Waals surface area (Å²) in [6, 6.07) is 0. The average Bonchev–Trinajstić information content (AvgIpc) is 2.34. The van der Waals surface area contributed by atoms with Gasteiger partial charge in [-0.1, -0.05) is 11.3 Å². The van der Waals surface area contributed by atoms with Gasteiger partial charge in [-0.2, -0.15) is 0 Å². The van der Waals surface area contributed by atoms with Crippen molar-refractivity contribution in [3.05, 3.63) is 11.1 Å². The number of nitrogens with one attached hydrogen (secondary N) is 1. The molecule has 0 fully saturated rings. The molecule has 5 heteroatoms. The number of aliphatic hydroxyl groups excluding tert-OH is 1. The minimum atomic E-state index is -0.523. The van der Waals surface area contributed by atoms with Crippen molar-refractivity contribution in [1.29, 1.82) is 0 Å². The van der Waals surface area contributed by atoms with Crippen LogP contribution in [-0.4, -0.2) is 16.0 Å². The van der Waals surface area contributed by atoms with Gasteiger partial charge in [0.1, 0.15) is 0 Å². The van der Waals surface area contributed by atoms with Gasteiger partial charge in [-0.15, -0.1) is 0 Å². The summed E-state index contributed by atoms with van der Waals surface area (Å²) < 4.78 is 0. The number of rotatable bonds is 2. The first-order valence-electron chi connectivity index (χ1n) is 3.51. The zero-order chi connectivity index (χ0) is 9.14. The molecule has 1 aromatic heterocycles. The summed E-state index contributed by atoms with van der Waals surface area (Å²) in [6.45, 7) is 3.08. The fraction of sp³-hybridized carbons (Fsp3) is 0.429. The molecule has 0 bridgehead atoms. The molecule has 0 aromatic carbocycles. The van der Waals surface area contributed by atoms with Gasteiger partial charge in [0.25, 0.3) is 0 Å². The van der Waals surface area contributed by atoms with Crippen molar-refractivity contribution >= 4 is 22.4 Å². The maximum Gasteiger partial charge on any atom is 0.223 e. The summed E-state index contributed by atoms with van der Waals surface area (Å²) in [5.41, 5.74) is 0. The second-order valence-corrected chi connectivity index (χ2v) is 3.49. The highest BCUT2D eigenvalue weighted by molar-refractivity contribution is 7.15. The largest absolute Gasteiger partial charge is 0.388 e. The van der Waals surface area contributed by atoms with E-state index in [2.05, 4.69) is 10.3 Å². The SMILES string of the molecule is CC(=O)Nc1ncc([C@@H](C)O)s1. The smallest absolute Gasteiger partial charge is 0.223 e. The molecule has 0 aliphatic heterocycles. The Morgan fingerprint density at radius 1 is 1.83 bits per heavy atom. The van der Waals surface area contributed by atoms with Crippen molar-refractivity contribution in [2.24, 2.45) is 0 Å². The Morgan fingerprint density at radius 3 is 2.92 bits per heavy atom. The zero-order valence-electron chi connectivity index (χ0n) is 6.87. The van der Waals surface area contributed by atoms with Crippen molar-refractivity contribution in [2.75, 3.05) is 5.32 Å². The molecule has 0 saturated heterocycles. The minimum absolute atomic E-state index is 0.151. The molecule has 0 radical (unpaired) electrons. The molecule has 1 atom stereocenters. The summed E-state index contributed by atoms with van der Waals surface area (Å²) in [5.74, 6) is -0.151. The van der Waals surface area contributed by atoms with Crippen LogP contribution in [0, 0.1) is 0 Å². The Morgan fingerprint density at radius 2 is 2.50 bits per heavy atom. The lowest BCUT2D eigenvalue weighted by molar-refractivity contribution is -0.114. The number of hydrogen-bond acceptors (Lipinski definition) is 4. The van der Waals surface area contributed by atoms with Crippen LogP contribution in [0.1, 0.15) is 24.8 Å². The van der Waals surface area contributed by atoms with Gasteiger partial charge in [-0.25, -0.2) is 4.98 Å². The lowest BCUT2D eigenvalue weighted by Crippen LogP contribution is -2.04. The third kappa shape index (κ3) is 2.28. The predicted molar refractivity (Wildman–Crippen MR) is 47.1 cm³/mol. The first kappa shape index (κ1) is 9.15. The number of aliphatic hydroxyl groups is 1. The summed E-state index contributed by atoms with van der Waals surface area (Å²) in [5, 5.41) is 12.2.